The molecular weight excluding hydrogens is 258 g/mol. The van der Waals surface area contributed by atoms with Crippen molar-refractivity contribution in [3.05, 3.63) is 71.8 Å². The summed E-state index contributed by atoms with van der Waals surface area (Å²) in [5, 5.41) is 0. The van der Waals surface area contributed by atoms with Gasteiger partial charge in [-0.2, -0.15) is 0 Å². The topological polar surface area (TPSA) is 20.3 Å². The molecule has 0 unspecified atom stereocenters. The van der Waals surface area contributed by atoms with Gasteiger partial charge < -0.3 is 4.90 Å². The van der Waals surface area contributed by atoms with E-state index >= 15 is 0 Å². The summed E-state index contributed by atoms with van der Waals surface area (Å²) in [5.41, 5.74) is 4.70. The van der Waals surface area contributed by atoms with Crippen LogP contribution in [0.4, 0.5) is 5.69 Å². The first kappa shape index (κ1) is 13.6. The van der Waals surface area contributed by atoms with Gasteiger partial charge in [-0.3, -0.25) is 4.79 Å². The number of hydrogen-bond donors (Lipinski definition) is 0. The molecule has 0 fully saturated rings. The highest BCUT2D eigenvalue weighted by atomic mass is 16.1. The van der Waals surface area contributed by atoms with Gasteiger partial charge >= 0.3 is 0 Å². The van der Waals surface area contributed by atoms with Crippen LogP contribution in [0.25, 0.3) is 5.57 Å². The number of anilines is 1. The van der Waals surface area contributed by atoms with Crippen LogP contribution in [0.3, 0.4) is 0 Å². The molecule has 0 aromatic heterocycles. The normalized spacial score (nSPS) is 14.7. The van der Waals surface area contributed by atoms with E-state index in [9.17, 15) is 4.79 Å². The van der Waals surface area contributed by atoms with E-state index < -0.39 is 0 Å². The number of benzene rings is 2. The van der Waals surface area contributed by atoms with Gasteiger partial charge in [0.2, 0.25) is 0 Å². The SMILES string of the molecule is CC(=O)c1ccc(N2CC=C(c3ccccc3)CC2)cc1. The Bertz CT molecular complexity index is 656. The van der Waals surface area contributed by atoms with Gasteiger partial charge in [0.05, 0.1) is 0 Å². The Morgan fingerprint density at radius 2 is 1.71 bits per heavy atom. The molecule has 0 amide bonds. The number of hydrogen-bond acceptors (Lipinski definition) is 2. The van der Waals surface area contributed by atoms with Crippen LogP contribution in [0.15, 0.2) is 60.7 Å². The second-order valence-corrected chi connectivity index (χ2v) is 5.39. The lowest BCUT2D eigenvalue weighted by Gasteiger charge is -2.28. The summed E-state index contributed by atoms with van der Waals surface area (Å²) < 4.78 is 0. The first-order valence-corrected chi connectivity index (χ1v) is 7.34. The molecule has 2 heteroatoms. The molecule has 0 N–H and O–H groups in total. The summed E-state index contributed by atoms with van der Waals surface area (Å²) in [6.45, 7) is 3.54. The molecule has 3 rings (SSSR count). The van der Waals surface area contributed by atoms with E-state index in [0.29, 0.717) is 0 Å². The summed E-state index contributed by atoms with van der Waals surface area (Å²) in [6.07, 6.45) is 3.36. The maximum atomic E-state index is 11.3. The average Bonchev–Trinajstić information content (AvgIpc) is 2.56. The van der Waals surface area contributed by atoms with Crippen LogP contribution < -0.4 is 4.90 Å². The molecule has 2 aromatic carbocycles. The van der Waals surface area contributed by atoms with Crippen LogP contribution in [0.1, 0.15) is 29.3 Å². The molecule has 0 bridgehead atoms. The van der Waals surface area contributed by atoms with Gasteiger partial charge in [0.25, 0.3) is 0 Å². The Kier molecular flexibility index (Phi) is 3.87. The summed E-state index contributed by atoms with van der Waals surface area (Å²) in [5.74, 6) is 0.117. The largest absolute Gasteiger partial charge is 0.367 e. The minimum absolute atomic E-state index is 0.117. The number of carbonyl (C=O) groups is 1. The zero-order chi connectivity index (χ0) is 14.7. The van der Waals surface area contributed by atoms with Gasteiger partial charge in [0, 0.05) is 24.3 Å². The molecular formula is C19H19NO. The fraction of sp³-hybridized carbons (Fsp3) is 0.211. The zero-order valence-corrected chi connectivity index (χ0v) is 12.3. The summed E-state index contributed by atoms with van der Waals surface area (Å²) in [7, 11) is 0. The third-order valence-electron chi connectivity index (χ3n) is 3.99. The molecule has 0 saturated heterocycles. The molecule has 0 radical (unpaired) electrons. The van der Waals surface area contributed by atoms with Crippen LogP contribution in [-0.2, 0) is 0 Å². The van der Waals surface area contributed by atoms with Gasteiger partial charge in [-0.15, -0.1) is 0 Å². The van der Waals surface area contributed by atoms with Crippen molar-refractivity contribution in [2.24, 2.45) is 0 Å². The Balaban J connectivity index is 1.73. The number of ketones is 1. The minimum Gasteiger partial charge on any atom is -0.367 e. The fourth-order valence-electron chi connectivity index (χ4n) is 2.73. The lowest BCUT2D eigenvalue weighted by atomic mass is 9.99. The summed E-state index contributed by atoms with van der Waals surface area (Å²) in [4.78, 5) is 13.7. The number of rotatable bonds is 3. The fourth-order valence-corrected chi connectivity index (χ4v) is 2.73. The first-order chi connectivity index (χ1) is 10.2. The van der Waals surface area contributed by atoms with Crippen LogP contribution in [-0.4, -0.2) is 18.9 Å². The zero-order valence-electron chi connectivity index (χ0n) is 12.3. The highest BCUT2D eigenvalue weighted by Gasteiger charge is 2.13. The van der Waals surface area contributed by atoms with Crippen molar-refractivity contribution in [1.82, 2.24) is 0 Å². The number of Topliss-reactive ketones (excluding diaryl/α,β-unsaturated/α-hetero) is 1. The Hall–Kier alpha value is -2.35. The number of nitrogens with zero attached hydrogens (tertiary/aromatic N) is 1. The molecule has 0 atom stereocenters. The Labute approximate surface area is 125 Å². The second-order valence-electron chi connectivity index (χ2n) is 5.39. The van der Waals surface area contributed by atoms with Crippen molar-refractivity contribution < 1.29 is 4.79 Å². The van der Waals surface area contributed by atoms with Crippen LogP contribution >= 0.6 is 0 Å². The predicted octanol–water partition coefficient (Wildman–Crippen LogP) is 4.18. The molecule has 0 saturated carbocycles. The first-order valence-electron chi connectivity index (χ1n) is 7.34. The van der Waals surface area contributed by atoms with E-state index in [-0.39, 0.29) is 5.78 Å². The predicted molar refractivity (Wildman–Crippen MR) is 87.7 cm³/mol. The Morgan fingerprint density at radius 1 is 1.00 bits per heavy atom. The second kappa shape index (κ2) is 5.96. The molecule has 2 aromatic rings. The van der Waals surface area contributed by atoms with E-state index in [1.807, 2.05) is 24.3 Å². The van der Waals surface area contributed by atoms with E-state index in [4.69, 9.17) is 0 Å². The van der Waals surface area contributed by atoms with Gasteiger partial charge in [-0.25, -0.2) is 0 Å². The molecule has 21 heavy (non-hydrogen) atoms. The summed E-state index contributed by atoms with van der Waals surface area (Å²) >= 11 is 0. The highest BCUT2D eigenvalue weighted by molar-refractivity contribution is 5.94. The van der Waals surface area contributed by atoms with Crippen molar-refractivity contribution in [2.45, 2.75) is 13.3 Å². The van der Waals surface area contributed by atoms with E-state index in [1.54, 1.807) is 6.92 Å². The van der Waals surface area contributed by atoms with E-state index in [1.165, 1.54) is 16.8 Å². The Morgan fingerprint density at radius 3 is 2.29 bits per heavy atom. The van der Waals surface area contributed by atoms with E-state index in [2.05, 4.69) is 41.3 Å². The number of carbonyl (C=O) groups excluding carboxylic acids is 1. The van der Waals surface area contributed by atoms with Crippen molar-refractivity contribution in [3.8, 4) is 0 Å². The van der Waals surface area contributed by atoms with Crippen molar-refractivity contribution in [3.63, 3.8) is 0 Å². The molecule has 1 heterocycles. The minimum atomic E-state index is 0.117. The molecule has 0 spiro atoms. The van der Waals surface area contributed by atoms with Gasteiger partial charge in [0.15, 0.2) is 5.78 Å². The third kappa shape index (κ3) is 3.05. The van der Waals surface area contributed by atoms with E-state index in [0.717, 1.165) is 25.1 Å². The van der Waals surface area contributed by atoms with Crippen molar-refractivity contribution in [1.29, 1.82) is 0 Å². The smallest absolute Gasteiger partial charge is 0.159 e. The average molecular weight is 277 g/mol. The lowest BCUT2D eigenvalue weighted by molar-refractivity contribution is 0.101. The van der Waals surface area contributed by atoms with Gasteiger partial charge in [-0.05, 0) is 48.7 Å². The molecule has 106 valence electrons. The van der Waals surface area contributed by atoms with Crippen molar-refractivity contribution >= 4 is 17.0 Å². The summed E-state index contributed by atoms with van der Waals surface area (Å²) in [6, 6.07) is 18.5. The molecule has 1 aliphatic heterocycles. The van der Waals surface area contributed by atoms with Crippen LogP contribution in [0, 0.1) is 0 Å². The highest BCUT2D eigenvalue weighted by Crippen LogP contribution is 2.25. The van der Waals surface area contributed by atoms with Crippen LogP contribution in [0.2, 0.25) is 0 Å². The monoisotopic (exact) mass is 277 g/mol. The molecule has 1 aliphatic rings. The lowest BCUT2D eigenvalue weighted by Crippen LogP contribution is -2.28. The maximum Gasteiger partial charge on any atom is 0.159 e. The van der Waals surface area contributed by atoms with Crippen LogP contribution in [0.5, 0.6) is 0 Å². The van der Waals surface area contributed by atoms with Gasteiger partial charge in [-0.1, -0.05) is 36.4 Å². The van der Waals surface area contributed by atoms with Crippen molar-refractivity contribution in [2.75, 3.05) is 18.0 Å². The quantitative estimate of drug-likeness (QED) is 0.784. The maximum absolute atomic E-state index is 11.3. The standard InChI is InChI=1S/C19H19NO/c1-15(21)16-7-9-19(10-8-16)20-13-11-18(12-14-20)17-5-3-2-4-6-17/h2-11H,12-14H2,1H3. The molecule has 0 aliphatic carbocycles. The third-order valence-corrected chi connectivity index (χ3v) is 3.99. The van der Waals surface area contributed by atoms with Gasteiger partial charge in [0.1, 0.15) is 0 Å². The molecule has 2 nitrogen and oxygen atoms in total.